The summed E-state index contributed by atoms with van der Waals surface area (Å²) < 4.78 is 1.77. The number of carbonyl (C=O) groups excluding carboxylic acids is 2. The van der Waals surface area contributed by atoms with Gasteiger partial charge in [-0.2, -0.15) is 5.10 Å². The van der Waals surface area contributed by atoms with Crippen molar-refractivity contribution in [1.82, 2.24) is 19.6 Å². The van der Waals surface area contributed by atoms with Crippen LogP contribution in [0.4, 0.5) is 5.69 Å². The van der Waals surface area contributed by atoms with Crippen LogP contribution in [0.3, 0.4) is 0 Å². The predicted molar refractivity (Wildman–Crippen MR) is 152 cm³/mol. The Morgan fingerprint density at radius 2 is 1.79 bits per heavy atom. The molecule has 2 amide bonds. The molecule has 0 fully saturated rings. The van der Waals surface area contributed by atoms with Crippen LogP contribution < -0.4 is 4.90 Å². The Labute approximate surface area is 231 Å². The molecular weight excluding hydrogens is 498 g/mol. The molecule has 0 atom stereocenters. The Kier molecular flexibility index (Phi) is 9.58. The molecule has 1 aromatic heterocycles. The SMILES string of the molecule is CCCC(=O)N1CCCN(Cc2ccccc2)CCN(C(=O)c2ccnn2C(C)C)Cc2ccc(Cl)cc21. The summed E-state index contributed by atoms with van der Waals surface area (Å²) in [6.45, 7) is 9.92. The van der Waals surface area contributed by atoms with Crippen LogP contribution in [0.1, 0.15) is 67.7 Å². The number of aromatic nitrogens is 2. The lowest BCUT2D eigenvalue weighted by Gasteiger charge is -2.29. The summed E-state index contributed by atoms with van der Waals surface area (Å²) in [6.07, 6.45) is 3.74. The number of hydrogen-bond acceptors (Lipinski definition) is 4. The molecule has 1 aliphatic heterocycles. The molecule has 38 heavy (non-hydrogen) atoms. The van der Waals surface area contributed by atoms with Gasteiger partial charge in [0.1, 0.15) is 5.69 Å². The molecule has 3 aromatic rings. The molecule has 8 heteroatoms. The van der Waals surface area contributed by atoms with Crippen molar-refractivity contribution in [2.24, 2.45) is 0 Å². The van der Waals surface area contributed by atoms with E-state index in [1.54, 1.807) is 16.9 Å². The molecule has 0 bridgehead atoms. The smallest absolute Gasteiger partial charge is 0.272 e. The van der Waals surface area contributed by atoms with Gasteiger partial charge in [-0.05, 0) is 56.0 Å². The molecule has 1 aliphatic rings. The summed E-state index contributed by atoms with van der Waals surface area (Å²) in [5.74, 6) is 0.0167. The zero-order chi connectivity index (χ0) is 27.1. The van der Waals surface area contributed by atoms with E-state index >= 15 is 0 Å². The van der Waals surface area contributed by atoms with E-state index in [1.165, 1.54) is 5.56 Å². The van der Waals surface area contributed by atoms with Gasteiger partial charge in [0.25, 0.3) is 5.91 Å². The van der Waals surface area contributed by atoms with Crippen LogP contribution in [0.2, 0.25) is 5.02 Å². The van der Waals surface area contributed by atoms with Gasteiger partial charge in [-0.3, -0.25) is 19.2 Å². The van der Waals surface area contributed by atoms with Crippen molar-refractivity contribution in [2.75, 3.05) is 31.1 Å². The quantitative estimate of drug-likeness (QED) is 0.400. The number of nitrogens with zero attached hydrogens (tertiary/aromatic N) is 5. The van der Waals surface area contributed by atoms with Gasteiger partial charge in [0.15, 0.2) is 0 Å². The molecule has 2 heterocycles. The number of halogens is 1. The van der Waals surface area contributed by atoms with Crippen molar-refractivity contribution in [3.8, 4) is 0 Å². The average Bonchev–Trinajstić information content (AvgIpc) is 3.39. The number of benzene rings is 2. The fourth-order valence-corrected chi connectivity index (χ4v) is 5.16. The fourth-order valence-electron chi connectivity index (χ4n) is 4.99. The molecule has 0 spiro atoms. The number of amides is 2. The second kappa shape index (κ2) is 13.1. The van der Waals surface area contributed by atoms with Gasteiger partial charge < -0.3 is 9.80 Å². The minimum absolute atomic E-state index is 0.0655. The topological polar surface area (TPSA) is 61.7 Å². The third-order valence-electron chi connectivity index (χ3n) is 6.92. The molecule has 0 unspecified atom stereocenters. The molecule has 7 nitrogen and oxygen atoms in total. The van der Waals surface area contributed by atoms with E-state index in [4.69, 9.17) is 11.6 Å². The number of carbonyl (C=O) groups is 2. The third kappa shape index (κ3) is 6.83. The summed E-state index contributed by atoms with van der Waals surface area (Å²) in [7, 11) is 0. The summed E-state index contributed by atoms with van der Waals surface area (Å²) in [4.78, 5) is 33.4. The van der Waals surface area contributed by atoms with Gasteiger partial charge in [-0.15, -0.1) is 0 Å². The van der Waals surface area contributed by atoms with E-state index < -0.39 is 0 Å². The second-order valence-corrected chi connectivity index (χ2v) is 10.6. The van der Waals surface area contributed by atoms with Crippen molar-refractivity contribution in [1.29, 1.82) is 0 Å². The Morgan fingerprint density at radius 3 is 2.53 bits per heavy atom. The molecule has 0 saturated heterocycles. The van der Waals surface area contributed by atoms with Crippen molar-refractivity contribution in [3.05, 3.63) is 82.6 Å². The van der Waals surface area contributed by atoms with Crippen LogP contribution in [0.15, 0.2) is 60.8 Å². The lowest BCUT2D eigenvalue weighted by molar-refractivity contribution is -0.118. The summed E-state index contributed by atoms with van der Waals surface area (Å²) in [5.41, 5.74) is 3.51. The molecular formula is C30H38ClN5O2. The summed E-state index contributed by atoms with van der Waals surface area (Å²) >= 11 is 6.43. The lowest BCUT2D eigenvalue weighted by atomic mass is 10.1. The first kappa shape index (κ1) is 27.9. The first-order valence-electron chi connectivity index (χ1n) is 13.5. The Balaban J connectivity index is 1.71. The maximum Gasteiger partial charge on any atom is 0.272 e. The van der Waals surface area contributed by atoms with Crippen molar-refractivity contribution >= 4 is 29.1 Å². The molecule has 0 N–H and O–H groups in total. The first-order valence-corrected chi connectivity index (χ1v) is 13.9. The van der Waals surface area contributed by atoms with E-state index in [-0.39, 0.29) is 17.9 Å². The standard InChI is InChI=1S/C30H38ClN5O2/c1-4-9-29(37)35-17-8-16-33(21-24-10-6-5-7-11-24)18-19-34(22-25-12-13-26(31)20-28(25)35)30(38)27-14-15-32-36(27)23(2)3/h5-7,10-15,20,23H,4,8-9,16-19,21-22H2,1-3H3. The minimum atomic E-state index is -0.0672. The van der Waals surface area contributed by atoms with Crippen LogP contribution in [0, 0.1) is 0 Å². The van der Waals surface area contributed by atoms with E-state index in [2.05, 4.69) is 34.3 Å². The van der Waals surface area contributed by atoms with Gasteiger partial charge in [0, 0.05) is 63.0 Å². The maximum absolute atomic E-state index is 13.9. The second-order valence-electron chi connectivity index (χ2n) is 10.2. The average molecular weight is 536 g/mol. The van der Waals surface area contributed by atoms with E-state index in [0.29, 0.717) is 36.8 Å². The van der Waals surface area contributed by atoms with Crippen molar-refractivity contribution < 1.29 is 9.59 Å². The third-order valence-corrected chi connectivity index (χ3v) is 7.16. The van der Waals surface area contributed by atoms with Crippen molar-refractivity contribution in [2.45, 2.75) is 59.2 Å². The predicted octanol–water partition coefficient (Wildman–Crippen LogP) is 5.80. The van der Waals surface area contributed by atoms with Gasteiger partial charge in [0.2, 0.25) is 5.91 Å². The largest absolute Gasteiger partial charge is 0.332 e. The van der Waals surface area contributed by atoms with Crippen LogP contribution in [0.25, 0.3) is 0 Å². The van der Waals surface area contributed by atoms with Gasteiger partial charge in [0.05, 0.1) is 5.69 Å². The zero-order valence-electron chi connectivity index (χ0n) is 22.6. The van der Waals surface area contributed by atoms with Crippen molar-refractivity contribution in [3.63, 3.8) is 0 Å². The van der Waals surface area contributed by atoms with E-state index in [0.717, 1.165) is 43.7 Å². The van der Waals surface area contributed by atoms with Gasteiger partial charge >= 0.3 is 0 Å². The number of hydrogen-bond donors (Lipinski definition) is 0. The Bertz CT molecular complexity index is 1230. The van der Waals surface area contributed by atoms with E-state index in [9.17, 15) is 9.59 Å². The van der Waals surface area contributed by atoms with Gasteiger partial charge in [-0.1, -0.05) is 54.9 Å². The highest BCUT2D eigenvalue weighted by Crippen LogP contribution is 2.29. The molecule has 4 rings (SSSR count). The Hall–Kier alpha value is -3.16. The van der Waals surface area contributed by atoms with Crippen LogP contribution in [-0.2, 0) is 17.9 Å². The fraction of sp³-hybridized carbons (Fsp3) is 0.433. The Morgan fingerprint density at radius 1 is 1.00 bits per heavy atom. The molecule has 0 aliphatic carbocycles. The normalized spacial score (nSPS) is 15.3. The molecule has 202 valence electrons. The van der Waals surface area contributed by atoms with Crippen LogP contribution >= 0.6 is 11.6 Å². The summed E-state index contributed by atoms with van der Waals surface area (Å²) in [6, 6.07) is 17.9. The minimum Gasteiger partial charge on any atom is -0.332 e. The molecule has 0 saturated carbocycles. The summed E-state index contributed by atoms with van der Waals surface area (Å²) in [5, 5.41) is 4.97. The van der Waals surface area contributed by atoms with Crippen LogP contribution in [-0.4, -0.2) is 57.6 Å². The molecule has 2 aromatic carbocycles. The monoisotopic (exact) mass is 535 g/mol. The highest BCUT2D eigenvalue weighted by molar-refractivity contribution is 6.31. The van der Waals surface area contributed by atoms with Crippen LogP contribution in [0.5, 0.6) is 0 Å². The first-order chi connectivity index (χ1) is 18.4. The number of anilines is 1. The maximum atomic E-state index is 13.9. The number of fused-ring (bicyclic) bond motifs is 1. The number of rotatable bonds is 6. The van der Waals surface area contributed by atoms with Gasteiger partial charge in [-0.25, -0.2) is 0 Å². The molecule has 0 radical (unpaired) electrons. The van der Waals surface area contributed by atoms with E-state index in [1.807, 2.05) is 54.8 Å². The highest BCUT2D eigenvalue weighted by atomic mass is 35.5. The zero-order valence-corrected chi connectivity index (χ0v) is 23.4. The lowest BCUT2D eigenvalue weighted by Crippen LogP contribution is -2.39. The highest BCUT2D eigenvalue weighted by Gasteiger charge is 2.26.